The van der Waals surface area contributed by atoms with Crippen molar-refractivity contribution in [3.05, 3.63) is 27.5 Å². The van der Waals surface area contributed by atoms with E-state index >= 15 is 0 Å². The van der Waals surface area contributed by atoms with Crippen LogP contribution in [0.15, 0.2) is 10.9 Å². The van der Waals surface area contributed by atoms with Crippen LogP contribution in [-0.4, -0.2) is 16.5 Å². The Labute approximate surface area is 94.8 Å². The summed E-state index contributed by atoms with van der Waals surface area (Å²) in [4.78, 5) is 12.4. The molecule has 102 valence electrons. The summed E-state index contributed by atoms with van der Waals surface area (Å²) in [5.41, 5.74) is -4.06. The zero-order valence-electron chi connectivity index (χ0n) is 8.32. The fourth-order valence-corrected chi connectivity index (χ4v) is 1.07. The molecule has 1 aromatic heterocycles. The number of aliphatic hydroxyl groups excluding tert-OH is 1. The van der Waals surface area contributed by atoms with Crippen LogP contribution in [0, 0.1) is 0 Å². The molecule has 0 unspecified atom stereocenters. The molecule has 0 saturated carbocycles. The first kappa shape index (κ1) is 14.4. The standard InChI is InChI=1S/C8H5F6NO3/c9-7(10,11)5-1-4(17)3(2-16)6(15-5)18-8(12,13)14/h1,16H,2H2,(H,15,17). The first-order valence-electron chi connectivity index (χ1n) is 4.24. The first-order valence-corrected chi connectivity index (χ1v) is 4.24. The van der Waals surface area contributed by atoms with Gasteiger partial charge in [0.05, 0.1) is 12.2 Å². The maximum Gasteiger partial charge on any atom is 0.574 e. The highest BCUT2D eigenvalue weighted by Crippen LogP contribution is 2.30. The molecule has 1 aromatic rings. The molecule has 10 heteroatoms. The van der Waals surface area contributed by atoms with Gasteiger partial charge in [-0.3, -0.25) is 4.79 Å². The minimum Gasteiger partial charge on any atom is -0.391 e. The maximum absolute atomic E-state index is 12.2. The Balaban J connectivity index is 3.38. The smallest absolute Gasteiger partial charge is 0.391 e. The van der Waals surface area contributed by atoms with E-state index in [2.05, 4.69) is 4.74 Å². The summed E-state index contributed by atoms with van der Waals surface area (Å²) in [6.07, 6.45) is -10.3. The number of pyridine rings is 1. The maximum atomic E-state index is 12.2. The fourth-order valence-electron chi connectivity index (χ4n) is 1.07. The molecule has 0 fully saturated rings. The number of aliphatic hydroxyl groups is 1. The lowest BCUT2D eigenvalue weighted by Crippen LogP contribution is -2.24. The van der Waals surface area contributed by atoms with E-state index in [1.165, 1.54) is 4.98 Å². The normalized spacial score (nSPS) is 12.6. The molecule has 1 heterocycles. The van der Waals surface area contributed by atoms with Crippen LogP contribution in [0.2, 0.25) is 0 Å². The zero-order chi connectivity index (χ0) is 14.1. The van der Waals surface area contributed by atoms with Crippen molar-refractivity contribution in [2.24, 2.45) is 0 Å². The van der Waals surface area contributed by atoms with Crippen molar-refractivity contribution in [2.75, 3.05) is 0 Å². The second-order valence-electron chi connectivity index (χ2n) is 3.06. The van der Waals surface area contributed by atoms with Crippen molar-refractivity contribution in [2.45, 2.75) is 19.1 Å². The number of halogens is 6. The van der Waals surface area contributed by atoms with E-state index in [1.807, 2.05) is 0 Å². The van der Waals surface area contributed by atoms with Crippen molar-refractivity contribution in [1.82, 2.24) is 4.98 Å². The summed E-state index contributed by atoms with van der Waals surface area (Å²) in [7, 11) is 0. The molecule has 0 spiro atoms. The molecule has 0 radical (unpaired) electrons. The quantitative estimate of drug-likeness (QED) is 0.810. The number of hydrogen-bond acceptors (Lipinski definition) is 3. The van der Waals surface area contributed by atoms with Crippen molar-refractivity contribution in [3.63, 3.8) is 0 Å². The minimum absolute atomic E-state index is 0.0365. The van der Waals surface area contributed by atoms with Gasteiger partial charge in [0.1, 0.15) is 5.69 Å². The van der Waals surface area contributed by atoms with Crippen LogP contribution in [-0.2, 0) is 12.8 Å². The lowest BCUT2D eigenvalue weighted by atomic mass is 10.2. The van der Waals surface area contributed by atoms with Gasteiger partial charge in [-0.15, -0.1) is 13.2 Å². The second kappa shape index (κ2) is 4.52. The van der Waals surface area contributed by atoms with E-state index in [1.54, 1.807) is 0 Å². The van der Waals surface area contributed by atoms with Crippen LogP contribution < -0.4 is 10.2 Å². The Morgan fingerprint density at radius 1 is 1.22 bits per heavy atom. The van der Waals surface area contributed by atoms with Crippen molar-refractivity contribution in [1.29, 1.82) is 0 Å². The van der Waals surface area contributed by atoms with Crippen LogP contribution in [0.3, 0.4) is 0 Å². The van der Waals surface area contributed by atoms with Gasteiger partial charge >= 0.3 is 12.5 Å². The molecule has 0 aliphatic heterocycles. The summed E-state index contributed by atoms with van der Waals surface area (Å²) >= 11 is 0. The van der Waals surface area contributed by atoms with Crippen LogP contribution in [0.1, 0.15) is 11.3 Å². The topological polar surface area (TPSA) is 62.3 Å². The molecule has 0 bridgehead atoms. The van der Waals surface area contributed by atoms with Crippen LogP contribution in [0.4, 0.5) is 26.3 Å². The van der Waals surface area contributed by atoms with E-state index < -0.39 is 41.7 Å². The highest BCUT2D eigenvalue weighted by atomic mass is 19.4. The third-order valence-electron chi connectivity index (χ3n) is 1.78. The Morgan fingerprint density at radius 2 is 1.78 bits per heavy atom. The summed E-state index contributed by atoms with van der Waals surface area (Å²) in [5, 5.41) is 8.64. The lowest BCUT2D eigenvalue weighted by molar-refractivity contribution is -0.276. The number of aromatic amines is 1. The largest absolute Gasteiger partial charge is 0.574 e. The molecule has 0 aliphatic rings. The SMILES string of the molecule is O=c1cc(C(F)(F)F)[nH]c(OC(F)(F)F)c1CO. The van der Waals surface area contributed by atoms with Gasteiger partial charge < -0.3 is 14.8 Å². The number of alkyl halides is 6. The summed E-state index contributed by atoms with van der Waals surface area (Å²) in [6, 6.07) is 0.0365. The minimum atomic E-state index is -5.29. The van der Waals surface area contributed by atoms with E-state index in [9.17, 15) is 31.1 Å². The molecular weight excluding hydrogens is 272 g/mol. The van der Waals surface area contributed by atoms with Gasteiger partial charge in [-0.05, 0) is 0 Å². The average Bonchev–Trinajstić information content (AvgIpc) is 2.13. The van der Waals surface area contributed by atoms with Gasteiger partial charge in [0.25, 0.3) is 0 Å². The third kappa shape index (κ3) is 3.39. The molecule has 0 aliphatic carbocycles. The number of H-pyrrole nitrogens is 1. The Hall–Kier alpha value is -1.71. The number of hydrogen-bond donors (Lipinski definition) is 2. The van der Waals surface area contributed by atoms with E-state index in [0.717, 1.165) is 0 Å². The Kier molecular flexibility index (Phi) is 3.60. The number of ether oxygens (including phenoxy) is 1. The van der Waals surface area contributed by atoms with Crippen molar-refractivity contribution in [3.8, 4) is 5.88 Å². The summed E-state index contributed by atoms with van der Waals surface area (Å²) in [5.74, 6) is -1.48. The molecule has 2 N–H and O–H groups in total. The fraction of sp³-hybridized carbons (Fsp3) is 0.375. The zero-order valence-corrected chi connectivity index (χ0v) is 8.32. The summed E-state index contributed by atoms with van der Waals surface area (Å²) in [6.45, 7) is -1.20. The predicted molar refractivity (Wildman–Crippen MR) is 44.7 cm³/mol. The highest BCUT2D eigenvalue weighted by Gasteiger charge is 2.37. The van der Waals surface area contributed by atoms with Crippen LogP contribution in [0.5, 0.6) is 5.88 Å². The van der Waals surface area contributed by atoms with Gasteiger partial charge in [0.2, 0.25) is 5.88 Å². The van der Waals surface area contributed by atoms with Crippen molar-refractivity contribution >= 4 is 0 Å². The Bertz CT molecular complexity index is 489. The third-order valence-corrected chi connectivity index (χ3v) is 1.78. The van der Waals surface area contributed by atoms with Gasteiger partial charge in [0, 0.05) is 6.07 Å². The highest BCUT2D eigenvalue weighted by molar-refractivity contribution is 5.29. The van der Waals surface area contributed by atoms with Gasteiger partial charge in [-0.1, -0.05) is 0 Å². The van der Waals surface area contributed by atoms with Gasteiger partial charge in [-0.2, -0.15) is 13.2 Å². The molecule has 0 amide bonds. The molecule has 0 saturated heterocycles. The van der Waals surface area contributed by atoms with Gasteiger partial charge in [0.15, 0.2) is 5.43 Å². The van der Waals surface area contributed by atoms with E-state index in [0.29, 0.717) is 0 Å². The molecule has 18 heavy (non-hydrogen) atoms. The molecule has 4 nitrogen and oxygen atoms in total. The lowest BCUT2D eigenvalue weighted by Gasteiger charge is -2.14. The monoisotopic (exact) mass is 277 g/mol. The number of rotatable bonds is 2. The van der Waals surface area contributed by atoms with E-state index in [-0.39, 0.29) is 6.07 Å². The molecule has 1 rings (SSSR count). The molecular formula is C8H5F6NO3. The molecule has 0 aromatic carbocycles. The summed E-state index contributed by atoms with van der Waals surface area (Å²) < 4.78 is 75.7. The van der Waals surface area contributed by atoms with Crippen LogP contribution in [0.25, 0.3) is 0 Å². The van der Waals surface area contributed by atoms with Gasteiger partial charge in [-0.25, -0.2) is 0 Å². The molecule has 0 atom stereocenters. The number of aromatic nitrogens is 1. The van der Waals surface area contributed by atoms with Crippen molar-refractivity contribution < 1.29 is 36.2 Å². The average molecular weight is 277 g/mol. The Morgan fingerprint density at radius 3 is 2.17 bits per heavy atom. The first-order chi connectivity index (χ1) is 8.04. The number of nitrogens with one attached hydrogen (secondary N) is 1. The van der Waals surface area contributed by atoms with E-state index in [4.69, 9.17) is 5.11 Å². The van der Waals surface area contributed by atoms with Crippen LogP contribution >= 0.6 is 0 Å². The second-order valence-corrected chi connectivity index (χ2v) is 3.06. The predicted octanol–water partition coefficient (Wildman–Crippen LogP) is 1.78.